The molecule has 0 spiro atoms. The van der Waals surface area contributed by atoms with E-state index in [1.807, 2.05) is 30.3 Å². The zero-order valence-electron chi connectivity index (χ0n) is 17.7. The van der Waals surface area contributed by atoms with Gasteiger partial charge in [-0.3, -0.25) is 9.59 Å². The lowest BCUT2D eigenvalue weighted by Crippen LogP contribution is -2.25. The molecule has 0 fully saturated rings. The molecule has 0 aliphatic heterocycles. The number of amides is 1. The van der Waals surface area contributed by atoms with Gasteiger partial charge in [-0.15, -0.1) is 0 Å². The molecule has 0 heterocycles. The molecule has 0 unspecified atom stereocenters. The van der Waals surface area contributed by atoms with E-state index < -0.39 is 0 Å². The van der Waals surface area contributed by atoms with Crippen molar-refractivity contribution in [1.82, 2.24) is 5.32 Å². The number of rotatable bonds is 17. The Kier molecular flexibility index (Phi) is 14.9. The van der Waals surface area contributed by atoms with E-state index in [1.54, 1.807) is 0 Å². The first-order chi connectivity index (χ1) is 13.7. The summed E-state index contributed by atoms with van der Waals surface area (Å²) in [5.41, 5.74) is 1.14. The van der Waals surface area contributed by atoms with Gasteiger partial charge in [0.2, 0.25) is 5.91 Å². The first-order valence-electron chi connectivity index (χ1n) is 11.2. The van der Waals surface area contributed by atoms with Crippen molar-refractivity contribution in [3.63, 3.8) is 0 Å². The average molecular weight is 390 g/mol. The molecule has 0 saturated heterocycles. The summed E-state index contributed by atoms with van der Waals surface area (Å²) in [6.45, 7) is 3.32. The van der Waals surface area contributed by atoms with Crippen LogP contribution < -0.4 is 5.32 Å². The minimum atomic E-state index is -0.301. The molecule has 4 heteroatoms. The maximum Gasteiger partial charge on any atom is 0.306 e. The lowest BCUT2D eigenvalue weighted by atomic mass is 10.1. The lowest BCUT2D eigenvalue weighted by molar-refractivity contribution is -0.144. The van der Waals surface area contributed by atoms with Gasteiger partial charge in [0.25, 0.3) is 0 Å². The molecule has 28 heavy (non-hydrogen) atoms. The minimum Gasteiger partial charge on any atom is -0.465 e. The molecule has 1 aromatic rings. The van der Waals surface area contributed by atoms with Crippen LogP contribution >= 0.6 is 0 Å². The van der Waals surface area contributed by atoms with E-state index in [1.165, 1.54) is 51.4 Å². The number of unbranched alkanes of at least 4 members (excludes halogenated alkanes) is 9. The first-order valence-corrected chi connectivity index (χ1v) is 11.2. The molecule has 0 atom stereocenters. The van der Waals surface area contributed by atoms with Crippen LogP contribution in [-0.2, 0) is 20.7 Å². The van der Waals surface area contributed by atoms with E-state index in [9.17, 15) is 9.59 Å². The highest BCUT2D eigenvalue weighted by molar-refractivity contribution is 5.81. The molecular formula is C24H39NO3. The van der Waals surface area contributed by atoms with Gasteiger partial charge in [0.15, 0.2) is 0 Å². The summed E-state index contributed by atoms with van der Waals surface area (Å²) in [6.07, 6.45) is 13.9. The van der Waals surface area contributed by atoms with Crippen LogP contribution in [0.2, 0.25) is 0 Å². The normalized spacial score (nSPS) is 10.6. The van der Waals surface area contributed by atoms with Gasteiger partial charge in [-0.25, -0.2) is 0 Å². The van der Waals surface area contributed by atoms with E-state index in [2.05, 4.69) is 12.2 Å². The van der Waals surface area contributed by atoms with Gasteiger partial charge >= 0.3 is 5.97 Å². The van der Waals surface area contributed by atoms with Gasteiger partial charge in [-0.2, -0.15) is 0 Å². The van der Waals surface area contributed by atoms with Crippen LogP contribution in [0, 0.1) is 0 Å². The summed E-state index contributed by atoms with van der Waals surface area (Å²) >= 11 is 0. The van der Waals surface area contributed by atoms with Crippen LogP contribution in [0.5, 0.6) is 0 Å². The van der Waals surface area contributed by atoms with Crippen molar-refractivity contribution in [2.75, 3.05) is 13.2 Å². The quantitative estimate of drug-likeness (QED) is 0.279. The number of carbonyl (C=O) groups excluding carboxylic acids is 2. The lowest BCUT2D eigenvalue weighted by Gasteiger charge is -2.07. The fraction of sp³-hybridized carbons (Fsp3) is 0.667. The second-order valence-corrected chi connectivity index (χ2v) is 7.49. The number of benzene rings is 1. The van der Waals surface area contributed by atoms with Crippen LogP contribution in [0.15, 0.2) is 30.3 Å². The Morgan fingerprint density at radius 2 is 1.43 bits per heavy atom. The van der Waals surface area contributed by atoms with Crippen molar-refractivity contribution < 1.29 is 14.3 Å². The predicted molar refractivity (Wildman–Crippen MR) is 115 cm³/mol. The fourth-order valence-corrected chi connectivity index (χ4v) is 3.14. The molecule has 0 aliphatic rings. The standard InChI is InChI=1S/C24H39NO3/c1-2-3-4-5-6-7-8-9-10-14-20-25-23(26)17-18-24(27)28-21-19-22-15-12-11-13-16-22/h11-13,15-16H,2-10,14,17-21H2,1H3,(H,25,26). The minimum absolute atomic E-state index is 0.0593. The Morgan fingerprint density at radius 1 is 0.821 bits per heavy atom. The monoisotopic (exact) mass is 389 g/mol. The molecule has 4 nitrogen and oxygen atoms in total. The molecular weight excluding hydrogens is 350 g/mol. The summed E-state index contributed by atoms with van der Waals surface area (Å²) < 4.78 is 5.19. The molecule has 1 amide bonds. The molecule has 1 N–H and O–H groups in total. The Labute approximate surface area is 171 Å². The summed E-state index contributed by atoms with van der Waals surface area (Å²) in [5, 5.41) is 2.90. The first kappa shape index (κ1) is 24.2. The van der Waals surface area contributed by atoms with E-state index in [0.29, 0.717) is 19.6 Å². The van der Waals surface area contributed by atoms with E-state index in [4.69, 9.17) is 4.74 Å². The maximum atomic E-state index is 11.8. The number of hydrogen-bond acceptors (Lipinski definition) is 3. The highest BCUT2D eigenvalue weighted by Crippen LogP contribution is 2.10. The Morgan fingerprint density at radius 3 is 2.07 bits per heavy atom. The zero-order valence-corrected chi connectivity index (χ0v) is 17.7. The number of nitrogens with one attached hydrogen (secondary N) is 1. The summed E-state index contributed by atoms with van der Waals surface area (Å²) in [6, 6.07) is 9.92. The van der Waals surface area contributed by atoms with Gasteiger partial charge in [0.1, 0.15) is 0 Å². The second-order valence-electron chi connectivity index (χ2n) is 7.49. The van der Waals surface area contributed by atoms with Crippen LogP contribution in [0.1, 0.15) is 89.5 Å². The third-order valence-corrected chi connectivity index (χ3v) is 4.91. The summed E-state index contributed by atoms with van der Waals surface area (Å²) in [4.78, 5) is 23.5. The van der Waals surface area contributed by atoms with Crippen LogP contribution in [-0.4, -0.2) is 25.0 Å². The third-order valence-electron chi connectivity index (χ3n) is 4.91. The van der Waals surface area contributed by atoms with Crippen molar-refractivity contribution >= 4 is 11.9 Å². The molecule has 0 radical (unpaired) electrons. The molecule has 0 saturated carbocycles. The highest BCUT2D eigenvalue weighted by Gasteiger charge is 2.07. The van der Waals surface area contributed by atoms with Crippen LogP contribution in [0.3, 0.4) is 0 Å². The van der Waals surface area contributed by atoms with E-state index in [0.717, 1.165) is 18.4 Å². The van der Waals surface area contributed by atoms with Crippen molar-refractivity contribution in [2.24, 2.45) is 0 Å². The highest BCUT2D eigenvalue weighted by atomic mass is 16.5. The maximum absolute atomic E-state index is 11.8. The Hall–Kier alpha value is -1.84. The van der Waals surface area contributed by atoms with Gasteiger partial charge in [-0.05, 0) is 12.0 Å². The molecule has 0 bridgehead atoms. The average Bonchev–Trinajstić information content (AvgIpc) is 2.71. The fourth-order valence-electron chi connectivity index (χ4n) is 3.14. The van der Waals surface area contributed by atoms with E-state index >= 15 is 0 Å². The van der Waals surface area contributed by atoms with Gasteiger partial charge in [0.05, 0.1) is 13.0 Å². The Balaban J connectivity index is 1.87. The Bertz CT molecular complexity index is 516. The van der Waals surface area contributed by atoms with Gasteiger partial charge in [0, 0.05) is 19.4 Å². The van der Waals surface area contributed by atoms with Crippen LogP contribution in [0.25, 0.3) is 0 Å². The van der Waals surface area contributed by atoms with Crippen molar-refractivity contribution in [2.45, 2.75) is 90.4 Å². The molecule has 158 valence electrons. The van der Waals surface area contributed by atoms with Crippen LogP contribution in [0.4, 0.5) is 0 Å². The molecule has 0 aromatic heterocycles. The molecule has 1 aromatic carbocycles. The smallest absolute Gasteiger partial charge is 0.306 e. The van der Waals surface area contributed by atoms with Crippen molar-refractivity contribution in [3.05, 3.63) is 35.9 Å². The molecule has 0 aliphatic carbocycles. The van der Waals surface area contributed by atoms with E-state index in [-0.39, 0.29) is 24.7 Å². The second kappa shape index (κ2) is 17.3. The SMILES string of the molecule is CCCCCCCCCCCCNC(=O)CCC(=O)OCCc1ccccc1. The predicted octanol–water partition coefficient (Wildman–Crippen LogP) is 5.59. The van der Waals surface area contributed by atoms with Gasteiger partial charge < -0.3 is 10.1 Å². The number of ether oxygens (including phenoxy) is 1. The van der Waals surface area contributed by atoms with Gasteiger partial charge in [-0.1, -0.05) is 95.0 Å². The number of esters is 1. The topological polar surface area (TPSA) is 55.4 Å². The third kappa shape index (κ3) is 14.2. The largest absolute Gasteiger partial charge is 0.465 e. The summed E-state index contributed by atoms with van der Waals surface area (Å²) in [7, 11) is 0. The molecule has 1 rings (SSSR count). The zero-order chi connectivity index (χ0) is 20.3. The summed E-state index contributed by atoms with van der Waals surface area (Å²) in [5.74, 6) is -0.360. The van der Waals surface area contributed by atoms with Crippen molar-refractivity contribution in [3.8, 4) is 0 Å². The number of hydrogen-bond donors (Lipinski definition) is 1. The number of carbonyl (C=O) groups is 2. The van der Waals surface area contributed by atoms with Crippen molar-refractivity contribution in [1.29, 1.82) is 0 Å².